The molecule has 0 fully saturated rings. The zero-order chi connectivity index (χ0) is 9.59. The predicted molar refractivity (Wildman–Crippen MR) is 52.3 cm³/mol. The second-order valence-electron chi connectivity index (χ2n) is 2.81. The Kier molecular flexibility index (Phi) is 3.48. The monoisotopic (exact) mass is 219 g/mol. The van der Waals surface area contributed by atoms with E-state index in [0.29, 0.717) is 11.2 Å². The summed E-state index contributed by atoms with van der Waals surface area (Å²) in [7, 11) is 3.01. The van der Waals surface area contributed by atoms with Crippen molar-refractivity contribution < 1.29 is 0 Å². The summed E-state index contributed by atoms with van der Waals surface area (Å²) in [6.07, 6.45) is 1.39. The van der Waals surface area contributed by atoms with E-state index in [-0.39, 0.29) is 62.6 Å². The number of imidazole rings is 1. The van der Waals surface area contributed by atoms with E-state index in [1.165, 1.54) is 17.9 Å². The first kappa shape index (κ1) is 11.9. The molecule has 0 unspecified atom stereocenters. The first-order valence-electron chi connectivity index (χ1n) is 3.72. The van der Waals surface area contributed by atoms with Crippen LogP contribution in [0.4, 0.5) is 0 Å². The predicted octanol–water partition coefficient (Wildman–Crippen LogP) is -1.42. The van der Waals surface area contributed by atoms with E-state index in [4.69, 9.17) is 0 Å². The Morgan fingerprint density at radius 2 is 1.93 bits per heavy atom. The van der Waals surface area contributed by atoms with Crippen molar-refractivity contribution in [1.29, 1.82) is 0 Å². The number of aromatic nitrogens is 4. The van der Waals surface area contributed by atoms with Crippen LogP contribution in [0.15, 0.2) is 15.9 Å². The van der Waals surface area contributed by atoms with E-state index in [9.17, 15) is 9.59 Å². The van der Waals surface area contributed by atoms with Gasteiger partial charge in [0.1, 0.15) is 5.52 Å². The van der Waals surface area contributed by atoms with Gasteiger partial charge in [-0.15, -0.1) is 0 Å². The minimum Gasteiger partial charge on any atom is -0.339 e. The van der Waals surface area contributed by atoms with Gasteiger partial charge in [-0.1, -0.05) is 0 Å². The van der Waals surface area contributed by atoms with Gasteiger partial charge >= 0.3 is 5.69 Å². The fourth-order valence-corrected chi connectivity index (χ4v) is 1.27. The number of hydrogen-bond acceptors (Lipinski definition) is 3. The number of hydrogen-bond donors (Lipinski definition) is 1. The first-order valence-corrected chi connectivity index (χ1v) is 3.72. The second kappa shape index (κ2) is 4.11. The SMILES string of the molecule is Cn1c(=O)c2[nH]cnc2n(C)c1=O.[K]. The normalized spacial score (nSPS) is 10.1. The number of aryl methyl sites for hydroxylation is 1. The topological polar surface area (TPSA) is 72.7 Å². The Morgan fingerprint density at radius 3 is 2.57 bits per heavy atom. The van der Waals surface area contributed by atoms with Crippen LogP contribution >= 0.6 is 0 Å². The van der Waals surface area contributed by atoms with Gasteiger partial charge in [-0.25, -0.2) is 9.78 Å². The molecule has 7 heteroatoms. The van der Waals surface area contributed by atoms with Gasteiger partial charge in [0.05, 0.1) is 6.33 Å². The van der Waals surface area contributed by atoms with E-state index >= 15 is 0 Å². The Hall–Kier alpha value is -0.214. The average Bonchev–Trinajstić information content (AvgIpc) is 2.59. The Balaban J connectivity index is 0.000000980. The minimum absolute atomic E-state index is 0. The van der Waals surface area contributed by atoms with E-state index in [1.54, 1.807) is 7.05 Å². The quantitative estimate of drug-likeness (QED) is 0.553. The molecule has 6 nitrogen and oxygen atoms in total. The van der Waals surface area contributed by atoms with E-state index in [0.717, 1.165) is 4.57 Å². The molecule has 69 valence electrons. The summed E-state index contributed by atoms with van der Waals surface area (Å²) in [5.41, 5.74) is 0.0119. The van der Waals surface area contributed by atoms with Crippen molar-refractivity contribution in [2.45, 2.75) is 0 Å². The summed E-state index contributed by atoms with van der Waals surface area (Å²) in [6.45, 7) is 0. The molecule has 14 heavy (non-hydrogen) atoms. The van der Waals surface area contributed by atoms with Crippen molar-refractivity contribution in [3.63, 3.8) is 0 Å². The maximum Gasteiger partial charge on any atom is 0.332 e. The first-order chi connectivity index (χ1) is 6.13. The third-order valence-electron chi connectivity index (χ3n) is 2.03. The van der Waals surface area contributed by atoms with E-state index in [1.807, 2.05) is 0 Å². The average molecular weight is 219 g/mol. The molecular formula is C7H8KN4O2. The largest absolute Gasteiger partial charge is 0.339 e. The molecule has 2 aromatic heterocycles. The molecule has 0 saturated carbocycles. The number of H-pyrrole nitrogens is 1. The fraction of sp³-hybridized carbons (Fsp3) is 0.286. The summed E-state index contributed by atoms with van der Waals surface area (Å²) in [5.74, 6) is 0. The van der Waals surface area contributed by atoms with Crippen molar-refractivity contribution >= 4 is 62.5 Å². The Bertz CT molecular complexity index is 579. The standard InChI is InChI=1S/C7H8N4O2.K/c1-10-5-4(8-3-9-5)6(12)11(2)7(10)13;/h3H,1-2H3,(H,8,9);. The molecular weight excluding hydrogens is 211 g/mol. The van der Waals surface area contributed by atoms with Crippen molar-refractivity contribution in [3.8, 4) is 0 Å². The van der Waals surface area contributed by atoms with Gasteiger partial charge in [0.25, 0.3) is 5.56 Å². The van der Waals surface area contributed by atoms with Crippen LogP contribution in [0.1, 0.15) is 0 Å². The molecule has 0 aromatic carbocycles. The molecule has 1 N–H and O–H groups in total. The van der Waals surface area contributed by atoms with E-state index in [2.05, 4.69) is 9.97 Å². The van der Waals surface area contributed by atoms with Gasteiger partial charge in [-0.3, -0.25) is 13.9 Å². The van der Waals surface area contributed by atoms with E-state index < -0.39 is 0 Å². The van der Waals surface area contributed by atoms with Gasteiger partial charge in [-0.05, 0) is 0 Å². The molecule has 0 amide bonds. The third kappa shape index (κ3) is 1.55. The van der Waals surface area contributed by atoms with Crippen LogP contribution in [-0.4, -0.2) is 70.5 Å². The molecule has 0 aliphatic heterocycles. The molecule has 0 aliphatic carbocycles. The summed E-state index contributed by atoms with van der Waals surface area (Å²) < 4.78 is 2.37. The number of fused-ring (bicyclic) bond motifs is 1. The summed E-state index contributed by atoms with van der Waals surface area (Å²) in [4.78, 5) is 29.4. The summed E-state index contributed by atoms with van der Waals surface area (Å²) in [5, 5.41) is 0. The van der Waals surface area contributed by atoms with Gasteiger partial charge in [0.15, 0.2) is 5.65 Å². The van der Waals surface area contributed by atoms with Crippen LogP contribution in [-0.2, 0) is 14.1 Å². The molecule has 2 heterocycles. The molecule has 0 atom stereocenters. The van der Waals surface area contributed by atoms with Gasteiger partial charge < -0.3 is 4.98 Å². The third-order valence-corrected chi connectivity index (χ3v) is 2.03. The molecule has 0 bridgehead atoms. The molecule has 2 aromatic rings. The van der Waals surface area contributed by atoms with Crippen LogP contribution in [0.25, 0.3) is 11.2 Å². The maximum atomic E-state index is 11.4. The molecule has 0 aliphatic rings. The van der Waals surface area contributed by atoms with Crippen molar-refractivity contribution in [3.05, 3.63) is 27.2 Å². The van der Waals surface area contributed by atoms with Crippen LogP contribution < -0.4 is 11.2 Å². The summed E-state index contributed by atoms with van der Waals surface area (Å²) in [6, 6.07) is 0. The van der Waals surface area contributed by atoms with Crippen molar-refractivity contribution in [2.75, 3.05) is 0 Å². The Labute approximate surface area is 121 Å². The smallest absolute Gasteiger partial charge is 0.332 e. The molecule has 0 saturated heterocycles. The molecule has 0 spiro atoms. The number of aromatic amines is 1. The zero-order valence-electron chi connectivity index (χ0n) is 8.24. The molecule has 2 rings (SSSR count). The summed E-state index contributed by atoms with van der Waals surface area (Å²) >= 11 is 0. The van der Waals surface area contributed by atoms with Crippen molar-refractivity contribution in [1.82, 2.24) is 19.1 Å². The number of nitrogens with zero attached hydrogens (tertiary/aromatic N) is 3. The van der Waals surface area contributed by atoms with Crippen LogP contribution in [0.2, 0.25) is 0 Å². The van der Waals surface area contributed by atoms with Crippen LogP contribution in [0, 0.1) is 0 Å². The fourth-order valence-electron chi connectivity index (χ4n) is 1.27. The molecule has 1 radical (unpaired) electrons. The van der Waals surface area contributed by atoms with Gasteiger partial charge in [0.2, 0.25) is 0 Å². The van der Waals surface area contributed by atoms with Crippen molar-refractivity contribution in [2.24, 2.45) is 14.1 Å². The maximum absolute atomic E-state index is 11.4. The number of nitrogens with one attached hydrogen (secondary N) is 1. The minimum atomic E-state index is -0.371. The zero-order valence-corrected chi connectivity index (χ0v) is 11.4. The Morgan fingerprint density at radius 1 is 1.29 bits per heavy atom. The van der Waals surface area contributed by atoms with Crippen LogP contribution in [0.5, 0.6) is 0 Å². The van der Waals surface area contributed by atoms with Gasteiger partial charge in [0, 0.05) is 65.5 Å². The van der Waals surface area contributed by atoms with Gasteiger partial charge in [-0.2, -0.15) is 0 Å². The second-order valence-corrected chi connectivity index (χ2v) is 2.81. The number of rotatable bonds is 0. The van der Waals surface area contributed by atoms with Crippen LogP contribution in [0.3, 0.4) is 0 Å².